The normalized spacial score (nSPS) is 27.0. The van der Waals surface area contributed by atoms with E-state index in [4.69, 9.17) is 0 Å². The minimum atomic E-state index is -6.40. The van der Waals surface area contributed by atoms with Gasteiger partial charge in [0.2, 0.25) is 0 Å². The van der Waals surface area contributed by atoms with Gasteiger partial charge in [-0.2, -0.15) is 22.0 Å². The van der Waals surface area contributed by atoms with E-state index < -0.39 is 47.3 Å². The fourth-order valence-corrected chi connectivity index (χ4v) is 2.84. The molecule has 0 fully saturated rings. The molecule has 1 aliphatic heterocycles. The first-order valence-corrected chi connectivity index (χ1v) is 8.65. The Hall–Kier alpha value is -0.930. The van der Waals surface area contributed by atoms with Gasteiger partial charge in [0.15, 0.2) is 0 Å². The van der Waals surface area contributed by atoms with Crippen molar-refractivity contribution in [2.75, 3.05) is 6.54 Å². The molecule has 0 aromatic carbocycles. The van der Waals surface area contributed by atoms with E-state index >= 15 is 0 Å². The predicted molar refractivity (Wildman–Crippen MR) is 77.5 cm³/mol. The zero-order valence-electron chi connectivity index (χ0n) is 14.4. The number of allylic oxidation sites excluding steroid dienone is 1. The minimum absolute atomic E-state index is 0.102. The van der Waals surface area contributed by atoms with Gasteiger partial charge in [-0.05, 0) is 11.1 Å². The van der Waals surface area contributed by atoms with Crippen LogP contribution in [0, 0.1) is 0 Å². The molecule has 0 aliphatic carbocycles. The van der Waals surface area contributed by atoms with Crippen LogP contribution in [0.2, 0.25) is 0 Å². The maximum Gasteiger partial charge on any atom is 0.504 e. The van der Waals surface area contributed by atoms with Crippen molar-refractivity contribution in [3.63, 3.8) is 0 Å². The second-order valence-corrected chi connectivity index (χ2v) is 6.56. The van der Waals surface area contributed by atoms with Gasteiger partial charge >= 0.3 is 23.8 Å². The topological polar surface area (TPSA) is 0 Å². The Kier molecular flexibility index (Phi) is 7.46. The number of quaternary nitrogens is 1. The highest BCUT2D eigenvalue weighted by Crippen LogP contribution is 2.60. The average molecular weight is 400 g/mol. The Morgan fingerprint density at radius 1 is 0.731 bits per heavy atom. The van der Waals surface area contributed by atoms with Crippen molar-refractivity contribution in [1.82, 2.24) is 0 Å². The summed E-state index contributed by atoms with van der Waals surface area (Å²) in [6.07, 6.45) is 5.74. The van der Waals surface area contributed by atoms with Crippen LogP contribution in [0.25, 0.3) is 0 Å². The molecule has 1 atom stereocenters. The first-order valence-electron chi connectivity index (χ1n) is 8.65. The lowest BCUT2D eigenvalue weighted by atomic mass is 10.0. The van der Waals surface area contributed by atoms with Gasteiger partial charge in [0.25, 0.3) is 5.83 Å². The molecule has 10 heteroatoms. The van der Waals surface area contributed by atoms with Gasteiger partial charge in [0, 0.05) is 10.9 Å². The Morgan fingerprint density at radius 3 is 1.62 bits per heavy atom. The van der Waals surface area contributed by atoms with E-state index in [0.29, 0.717) is 12.8 Å². The largest absolute Gasteiger partial charge is 0.504 e. The van der Waals surface area contributed by atoms with E-state index in [-0.39, 0.29) is 6.42 Å². The Balaban J connectivity index is 2.68. The monoisotopic (exact) mass is 400 g/mol. The highest BCUT2D eigenvalue weighted by Gasteiger charge is 2.89. The SMILES string of the molecule is CCCCCCCCCCC[N+]1(F)C(F)=C(F)C(F)(F)C(F)(F)C1(F)F. The molecular weight excluding hydrogens is 377 g/mol. The summed E-state index contributed by atoms with van der Waals surface area (Å²) in [7, 11) is 0. The molecule has 0 N–H and O–H groups in total. The van der Waals surface area contributed by atoms with Crippen molar-refractivity contribution in [3.8, 4) is 0 Å². The van der Waals surface area contributed by atoms with Crippen LogP contribution in [-0.2, 0) is 0 Å². The van der Waals surface area contributed by atoms with E-state index in [1.807, 2.05) is 6.92 Å². The first-order chi connectivity index (χ1) is 11.9. The number of alkyl halides is 6. The average Bonchev–Trinajstić information content (AvgIpc) is 2.57. The summed E-state index contributed by atoms with van der Waals surface area (Å²) < 4.78 is 117. The molecule has 0 radical (unpaired) electrons. The quantitative estimate of drug-likeness (QED) is 0.157. The summed E-state index contributed by atoms with van der Waals surface area (Å²) >= 11 is 0. The van der Waals surface area contributed by atoms with Crippen LogP contribution in [0.15, 0.2) is 11.8 Å². The second-order valence-electron chi connectivity index (χ2n) is 6.56. The second kappa shape index (κ2) is 8.39. The number of hydrogen-bond acceptors (Lipinski definition) is 0. The molecule has 1 aliphatic rings. The number of halogens is 9. The molecule has 0 spiro atoms. The lowest BCUT2D eigenvalue weighted by Crippen LogP contribution is -2.71. The zero-order chi connectivity index (χ0) is 20.2. The molecule has 26 heavy (non-hydrogen) atoms. The van der Waals surface area contributed by atoms with Gasteiger partial charge in [-0.15, -0.1) is 13.2 Å². The van der Waals surface area contributed by atoms with Crippen LogP contribution in [0.1, 0.15) is 64.7 Å². The molecule has 0 aromatic rings. The Morgan fingerprint density at radius 2 is 1.15 bits per heavy atom. The van der Waals surface area contributed by atoms with Gasteiger partial charge in [-0.25, -0.2) is 0 Å². The van der Waals surface area contributed by atoms with E-state index in [2.05, 4.69) is 0 Å². The van der Waals surface area contributed by atoms with Gasteiger partial charge in [0.1, 0.15) is 6.54 Å². The molecular formula is C16H23F9N+. The van der Waals surface area contributed by atoms with Crippen molar-refractivity contribution < 1.29 is 44.3 Å². The lowest BCUT2D eigenvalue weighted by Gasteiger charge is -2.40. The highest BCUT2D eigenvalue weighted by molar-refractivity contribution is 5.17. The maximum atomic E-state index is 14.2. The van der Waals surface area contributed by atoms with Crippen LogP contribution in [0.4, 0.5) is 39.6 Å². The first kappa shape index (κ1) is 23.1. The molecule has 154 valence electrons. The summed E-state index contributed by atoms with van der Waals surface area (Å²) in [5, 5.41) is 0. The van der Waals surface area contributed by atoms with Gasteiger partial charge in [-0.3, -0.25) is 0 Å². The van der Waals surface area contributed by atoms with Crippen LogP contribution >= 0.6 is 0 Å². The third-order valence-electron chi connectivity index (χ3n) is 4.56. The van der Waals surface area contributed by atoms with Crippen LogP contribution in [0.5, 0.6) is 0 Å². The predicted octanol–water partition coefficient (Wildman–Crippen LogP) is 7.20. The Labute approximate surface area is 146 Å². The zero-order valence-corrected chi connectivity index (χ0v) is 14.4. The fraction of sp³-hybridized carbons (Fsp3) is 0.875. The van der Waals surface area contributed by atoms with E-state index in [0.717, 1.165) is 32.1 Å². The van der Waals surface area contributed by atoms with Crippen molar-refractivity contribution in [2.45, 2.75) is 82.6 Å². The highest BCUT2D eigenvalue weighted by atomic mass is 19.4. The van der Waals surface area contributed by atoms with E-state index in [1.54, 1.807) is 0 Å². The summed E-state index contributed by atoms with van der Waals surface area (Å²) in [5.41, 5.74) is 0. The standard InChI is InChI=1S/C16H23F9N/c1-2-3-4-5-6-7-8-9-10-11-26(25)13(18)12(17)14(19,20)15(21,22)16(26,23)24/h2-11H2,1H3/q+1. The molecule has 1 rings (SSSR count). The molecule has 0 saturated heterocycles. The molecule has 0 amide bonds. The molecule has 1 unspecified atom stereocenters. The summed E-state index contributed by atoms with van der Waals surface area (Å²) in [6, 6.07) is -6.13. The lowest BCUT2D eigenvalue weighted by molar-refractivity contribution is -1.11. The minimum Gasteiger partial charge on any atom is -0.195 e. The number of unbranched alkanes of at least 4 members (excludes halogenated alkanes) is 8. The van der Waals surface area contributed by atoms with Gasteiger partial charge in [-0.1, -0.05) is 51.9 Å². The summed E-state index contributed by atoms with van der Waals surface area (Å²) in [4.78, 5) is 0. The molecule has 1 heterocycles. The third-order valence-corrected chi connectivity index (χ3v) is 4.56. The number of nitrogens with zero attached hydrogens (tertiary/aromatic N) is 1. The Bertz CT molecular complexity index is 504. The smallest absolute Gasteiger partial charge is 0.195 e. The van der Waals surface area contributed by atoms with Gasteiger partial charge in [0.05, 0.1) is 0 Å². The molecule has 1 nitrogen and oxygen atoms in total. The maximum absolute atomic E-state index is 14.2. The van der Waals surface area contributed by atoms with Gasteiger partial charge < -0.3 is 0 Å². The van der Waals surface area contributed by atoms with E-state index in [9.17, 15) is 39.6 Å². The summed E-state index contributed by atoms with van der Waals surface area (Å²) in [6.45, 7) is 0.482. The van der Waals surface area contributed by atoms with Crippen LogP contribution in [-0.4, -0.2) is 29.1 Å². The van der Waals surface area contributed by atoms with Crippen molar-refractivity contribution in [1.29, 1.82) is 0 Å². The third kappa shape index (κ3) is 3.84. The molecule has 0 aromatic heterocycles. The number of hydrogen-bond donors (Lipinski definition) is 0. The number of rotatable bonds is 10. The van der Waals surface area contributed by atoms with Crippen molar-refractivity contribution in [3.05, 3.63) is 11.8 Å². The van der Waals surface area contributed by atoms with E-state index in [1.165, 1.54) is 0 Å². The van der Waals surface area contributed by atoms with Crippen LogP contribution < -0.4 is 0 Å². The van der Waals surface area contributed by atoms with Crippen molar-refractivity contribution in [2.24, 2.45) is 0 Å². The summed E-state index contributed by atoms with van der Waals surface area (Å²) in [5.74, 6) is -19.2. The molecule has 0 bridgehead atoms. The van der Waals surface area contributed by atoms with Crippen molar-refractivity contribution >= 4 is 0 Å². The van der Waals surface area contributed by atoms with Crippen LogP contribution in [0.3, 0.4) is 0 Å². The fourth-order valence-electron chi connectivity index (χ4n) is 2.84. The molecule has 0 saturated carbocycles.